The van der Waals surface area contributed by atoms with E-state index >= 15 is 0 Å². The van der Waals surface area contributed by atoms with Crippen LogP contribution in [0.25, 0.3) is 0 Å². The minimum atomic E-state index is -0.560. The van der Waals surface area contributed by atoms with Gasteiger partial charge in [0, 0.05) is 30.4 Å². The topological polar surface area (TPSA) is 70.7 Å². The number of benzene rings is 2. The Morgan fingerprint density at radius 2 is 1.79 bits per heavy atom. The first-order valence-electron chi connectivity index (χ1n) is 7.24. The molecule has 2 aromatic rings. The summed E-state index contributed by atoms with van der Waals surface area (Å²) in [5.74, 6) is 0.406. The van der Waals surface area contributed by atoms with Gasteiger partial charge in [0.2, 0.25) is 0 Å². The van der Waals surface area contributed by atoms with Crippen molar-refractivity contribution in [1.29, 1.82) is 0 Å². The molecular formula is C17H18ClN3O3. The fraction of sp³-hybridized carbons (Fsp3) is 0.176. The van der Waals surface area contributed by atoms with E-state index in [2.05, 4.69) is 10.6 Å². The lowest BCUT2D eigenvalue weighted by molar-refractivity contribution is 0.201. The molecule has 0 bridgehead atoms. The largest absolute Gasteiger partial charge is 0.412 e. The van der Waals surface area contributed by atoms with Crippen molar-refractivity contribution >= 4 is 29.4 Å². The maximum absolute atomic E-state index is 12.3. The summed E-state index contributed by atoms with van der Waals surface area (Å²) in [6.07, 6.45) is -0.560. The van der Waals surface area contributed by atoms with Gasteiger partial charge in [0.1, 0.15) is 5.75 Å². The number of hydrogen-bond acceptors (Lipinski definition) is 3. The van der Waals surface area contributed by atoms with Crippen LogP contribution in [0.5, 0.6) is 5.75 Å². The van der Waals surface area contributed by atoms with Crippen molar-refractivity contribution in [1.82, 2.24) is 10.2 Å². The third kappa shape index (κ3) is 4.89. The second-order valence-electron chi connectivity index (χ2n) is 5.04. The Bertz CT molecular complexity index is 719. The number of hydrogen-bond donors (Lipinski definition) is 2. The average Bonchev–Trinajstić information content (AvgIpc) is 2.58. The van der Waals surface area contributed by atoms with E-state index in [1.165, 1.54) is 11.9 Å². The molecule has 7 heteroatoms. The van der Waals surface area contributed by atoms with E-state index in [9.17, 15) is 9.59 Å². The number of ether oxygens (including phenoxy) is 1. The van der Waals surface area contributed by atoms with Crippen LogP contribution in [-0.2, 0) is 6.54 Å². The number of nitrogens with zero attached hydrogens (tertiary/aromatic N) is 1. The van der Waals surface area contributed by atoms with E-state index < -0.39 is 6.09 Å². The highest BCUT2D eigenvalue weighted by atomic mass is 35.5. The van der Waals surface area contributed by atoms with Gasteiger partial charge in [0.15, 0.2) is 0 Å². The number of amides is 3. The molecule has 0 aliphatic carbocycles. The van der Waals surface area contributed by atoms with Gasteiger partial charge >= 0.3 is 12.1 Å². The van der Waals surface area contributed by atoms with Gasteiger partial charge in [-0.3, -0.25) is 0 Å². The lowest BCUT2D eigenvalue weighted by Gasteiger charge is -2.19. The minimum Gasteiger partial charge on any atom is -0.410 e. The highest BCUT2D eigenvalue weighted by Crippen LogP contribution is 2.20. The first-order chi connectivity index (χ1) is 11.5. The van der Waals surface area contributed by atoms with Crippen LogP contribution >= 0.6 is 11.6 Å². The van der Waals surface area contributed by atoms with E-state index in [0.29, 0.717) is 16.5 Å². The third-order valence-electron chi connectivity index (χ3n) is 3.23. The van der Waals surface area contributed by atoms with Crippen LogP contribution in [0.1, 0.15) is 5.56 Å². The van der Waals surface area contributed by atoms with Gasteiger partial charge in [0.05, 0.1) is 6.54 Å². The number of carbonyl (C=O) groups is 2. The van der Waals surface area contributed by atoms with Crippen LogP contribution in [0.4, 0.5) is 15.3 Å². The Morgan fingerprint density at radius 1 is 1.12 bits per heavy atom. The molecule has 0 saturated heterocycles. The predicted molar refractivity (Wildman–Crippen MR) is 93.5 cm³/mol. The fourth-order valence-corrected chi connectivity index (χ4v) is 2.09. The molecule has 0 spiro atoms. The molecule has 0 saturated carbocycles. The monoisotopic (exact) mass is 347 g/mol. The van der Waals surface area contributed by atoms with Gasteiger partial charge in [-0.1, -0.05) is 29.8 Å². The highest BCUT2D eigenvalue weighted by molar-refractivity contribution is 6.30. The molecular weight excluding hydrogens is 330 g/mol. The SMILES string of the molecule is CNC(=O)Oc1ccccc1CN(C)C(=O)Nc1ccc(Cl)cc1. The molecule has 0 heterocycles. The summed E-state index contributed by atoms with van der Waals surface area (Å²) in [6.45, 7) is 0.284. The van der Waals surface area contributed by atoms with Crippen molar-refractivity contribution in [3.05, 3.63) is 59.1 Å². The molecule has 0 atom stereocenters. The highest BCUT2D eigenvalue weighted by Gasteiger charge is 2.13. The van der Waals surface area contributed by atoms with Gasteiger partial charge in [-0.2, -0.15) is 0 Å². The number of carbonyl (C=O) groups excluding carboxylic acids is 2. The number of halogens is 1. The van der Waals surface area contributed by atoms with Crippen LogP contribution in [0, 0.1) is 0 Å². The zero-order valence-electron chi connectivity index (χ0n) is 13.4. The Hall–Kier alpha value is -2.73. The third-order valence-corrected chi connectivity index (χ3v) is 3.48. The van der Waals surface area contributed by atoms with Crippen LogP contribution in [-0.4, -0.2) is 31.1 Å². The first-order valence-corrected chi connectivity index (χ1v) is 7.62. The maximum atomic E-state index is 12.3. The molecule has 3 amide bonds. The number of para-hydroxylation sites is 1. The summed E-state index contributed by atoms with van der Waals surface area (Å²) in [6, 6.07) is 13.6. The van der Waals surface area contributed by atoms with Crippen LogP contribution in [0.3, 0.4) is 0 Å². The average molecular weight is 348 g/mol. The van der Waals surface area contributed by atoms with Crippen molar-refractivity contribution in [3.8, 4) is 5.75 Å². The normalized spacial score (nSPS) is 9.96. The molecule has 0 aromatic heterocycles. The zero-order valence-corrected chi connectivity index (χ0v) is 14.1. The van der Waals surface area contributed by atoms with E-state index in [4.69, 9.17) is 16.3 Å². The van der Waals surface area contributed by atoms with Crippen molar-refractivity contribution in [3.63, 3.8) is 0 Å². The summed E-state index contributed by atoms with van der Waals surface area (Å²) in [5, 5.41) is 5.76. The lowest BCUT2D eigenvalue weighted by Crippen LogP contribution is -2.31. The molecule has 0 fully saturated rings. The Balaban J connectivity index is 2.03. The molecule has 24 heavy (non-hydrogen) atoms. The molecule has 0 radical (unpaired) electrons. The second kappa shape index (κ2) is 8.21. The van der Waals surface area contributed by atoms with Crippen molar-refractivity contribution < 1.29 is 14.3 Å². The number of anilines is 1. The van der Waals surface area contributed by atoms with Crippen molar-refractivity contribution in [2.24, 2.45) is 0 Å². The second-order valence-corrected chi connectivity index (χ2v) is 5.48. The fourth-order valence-electron chi connectivity index (χ4n) is 1.96. The maximum Gasteiger partial charge on any atom is 0.412 e. The summed E-state index contributed by atoms with van der Waals surface area (Å²) in [5.41, 5.74) is 1.36. The Kier molecular flexibility index (Phi) is 6.03. The molecule has 0 aliphatic rings. The van der Waals surface area contributed by atoms with E-state index in [1.54, 1.807) is 49.5 Å². The van der Waals surface area contributed by atoms with E-state index in [-0.39, 0.29) is 12.6 Å². The van der Waals surface area contributed by atoms with E-state index in [0.717, 1.165) is 5.56 Å². The van der Waals surface area contributed by atoms with E-state index in [1.807, 2.05) is 6.07 Å². The van der Waals surface area contributed by atoms with Gasteiger partial charge in [-0.25, -0.2) is 9.59 Å². The molecule has 6 nitrogen and oxygen atoms in total. The Labute approximate surface area is 145 Å². The smallest absolute Gasteiger partial charge is 0.410 e. The summed E-state index contributed by atoms with van der Waals surface area (Å²) >= 11 is 5.82. The standard InChI is InChI=1S/C17H18ClN3O3/c1-19-17(23)24-15-6-4-3-5-12(15)11-21(2)16(22)20-14-9-7-13(18)8-10-14/h3-10H,11H2,1-2H3,(H,19,23)(H,20,22). The predicted octanol–water partition coefficient (Wildman–Crippen LogP) is 3.72. The molecule has 2 N–H and O–H groups in total. The molecule has 0 unspecified atom stereocenters. The minimum absolute atomic E-state index is 0.284. The molecule has 2 aromatic carbocycles. The first kappa shape index (κ1) is 17.6. The van der Waals surface area contributed by atoms with Crippen LogP contribution in [0.15, 0.2) is 48.5 Å². The van der Waals surface area contributed by atoms with Crippen LogP contribution < -0.4 is 15.4 Å². The molecule has 0 aliphatic heterocycles. The molecule has 2 rings (SSSR count). The Morgan fingerprint density at radius 3 is 2.46 bits per heavy atom. The summed E-state index contributed by atoms with van der Waals surface area (Å²) < 4.78 is 5.18. The van der Waals surface area contributed by atoms with Crippen LogP contribution in [0.2, 0.25) is 5.02 Å². The van der Waals surface area contributed by atoms with Gasteiger partial charge in [-0.05, 0) is 30.3 Å². The number of nitrogens with one attached hydrogen (secondary N) is 2. The van der Waals surface area contributed by atoms with Gasteiger partial charge < -0.3 is 20.3 Å². The summed E-state index contributed by atoms with van der Waals surface area (Å²) in [7, 11) is 3.14. The zero-order chi connectivity index (χ0) is 17.5. The lowest BCUT2D eigenvalue weighted by atomic mass is 10.2. The molecule has 126 valence electrons. The van der Waals surface area contributed by atoms with Crippen molar-refractivity contribution in [2.45, 2.75) is 6.54 Å². The van der Waals surface area contributed by atoms with Gasteiger partial charge in [0.25, 0.3) is 0 Å². The number of rotatable bonds is 4. The van der Waals surface area contributed by atoms with Crippen molar-refractivity contribution in [2.75, 3.05) is 19.4 Å². The number of urea groups is 1. The quantitative estimate of drug-likeness (QED) is 0.885. The summed E-state index contributed by atoms with van der Waals surface area (Å²) in [4.78, 5) is 25.1. The van der Waals surface area contributed by atoms with Gasteiger partial charge in [-0.15, -0.1) is 0 Å².